The zero-order valence-electron chi connectivity index (χ0n) is 34.1. The fraction of sp³-hybridized carbons (Fsp3) is 0.135. The van der Waals surface area contributed by atoms with Gasteiger partial charge in [0.25, 0.3) is 36.0 Å². The highest BCUT2D eigenvalue weighted by molar-refractivity contribution is 7.86. The zero-order valence-corrected chi connectivity index (χ0v) is 36.5. The van der Waals surface area contributed by atoms with Crippen LogP contribution in [-0.2, 0) is 30.4 Å². The van der Waals surface area contributed by atoms with Crippen LogP contribution in [0, 0.1) is 17.0 Å². The average Bonchev–Trinajstić information content (AvgIpc) is 3.56. The summed E-state index contributed by atoms with van der Waals surface area (Å²) in [5.74, 6) is -3.70. The van der Waals surface area contributed by atoms with Gasteiger partial charge < -0.3 is 35.0 Å². The van der Waals surface area contributed by atoms with Crippen molar-refractivity contribution in [2.24, 2.45) is 30.7 Å². The van der Waals surface area contributed by atoms with Gasteiger partial charge in [-0.3, -0.25) is 23.8 Å². The van der Waals surface area contributed by atoms with Gasteiger partial charge in [-0.2, -0.15) is 35.0 Å². The molecule has 356 valence electrons. The van der Waals surface area contributed by atoms with E-state index in [4.69, 9.17) is 9.47 Å². The first kappa shape index (κ1) is 49.5. The van der Waals surface area contributed by atoms with Gasteiger partial charge in [-0.1, -0.05) is 0 Å². The largest absolute Gasteiger partial charge is 0.505 e. The number of ether oxygens (including phenoxy) is 2. The second kappa shape index (κ2) is 19.5. The van der Waals surface area contributed by atoms with Crippen molar-refractivity contribution in [3.05, 3.63) is 94.2 Å². The second-order valence-electron chi connectivity index (χ2n) is 13.5. The van der Waals surface area contributed by atoms with E-state index in [1.807, 2.05) is 0 Å². The minimum absolute atomic E-state index is 0.00352. The highest BCUT2D eigenvalue weighted by Crippen LogP contribution is 2.46. The van der Waals surface area contributed by atoms with E-state index in [0.29, 0.717) is 12.1 Å². The number of nitrogens with zero attached hydrogens (tertiary/aromatic N) is 9. The third-order valence-electron chi connectivity index (χ3n) is 9.01. The number of rotatable bonds is 18. The van der Waals surface area contributed by atoms with E-state index in [1.54, 1.807) is 0 Å². The monoisotopic (exact) mass is 1000 g/mol. The predicted molar refractivity (Wildman–Crippen MR) is 229 cm³/mol. The molecule has 0 spiro atoms. The molecule has 0 unspecified atom stereocenters. The number of carboxylic acids is 1. The number of phenolic OH excluding ortho intramolecular Hbond substituents is 1. The first-order valence-electron chi connectivity index (χ1n) is 18.5. The maximum atomic E-state index is 12.8. The summed E-state index contributed by atoms with van der Waals surface area (Å²) in [5, 5.41) is 89.5. The molecule has 0 saturated carbocycles. The Morgan fingerprint density at radius 1 is 0.691 bits per heavy atom. The van der Waals surface area contributed by atoms with Crippen molar-refractivity contribution in [1.82, 2.24) is 9.78 Å². The molecule has 68 heavy (non-hydrogen) atoms. The number of hydrogen-bond donors (Lipinski definition) is 8. The molecule has 28 nitrogen and oxygen atoms in total. The topological polar surface area (TPSA) is 435 Å². The molecule has 0 fully saturated rings. The molecular formula is C37H31N9O19S3. The number of aryl methyl sites for hydroxylation is 1. The molecule has 0 atom stereocenters. The molecule has 31 heteroatoms. The second-order valence-corrected chi connectivity index (χ2v) is 17.7. The number of aromatic hydroxyl groups is 2. The smallest absolute Gasteiger partial charge is 0.338 e. The number of carbonyl (C=O) groups is 1. The van der Waals surface area contributed by atoms with E-state index in [-0.39, 0.29) is 69.6 Å². The van der Waals surface area contributed by atoms with E-state index in [9.17, 15) is 79.4 Å². The Bertz CT molecular complexity index is 3470. The number of aromatic nitrogens is 2. The SMILES string of the molecule is Cc1nn(-c2ccc3c(O)c(N=Nc4cc(OCCO)c(N=Nc5ccc(S(=O)(=O)O)cc5C(=O)O)cc4OCCO)c(S(=O)(=O)O)cc3c2)c(O)c1N=Nc1ccc([N+](=O)[O-])cc1S(=O)(=O)O. The standard InChI is InChI=1S/C37H31N9O19S3/c1-18-33(42-39-26-6-3-21(46(53)54)14-31(26)67(58,59)60)36(50)45(44-18)20-2-5-23-19(12-20)13-32(68(61,62)63)34(35(23)49)43-41-28-17-29(64-10-8-47)27(16-30(28)65-11-9-48)40-38-25-7-4-22(66(55,56)57)15-24(25)37(51)52/h2-7,12-17,47-50H,8-11H2,1H3,(H,51,52)(H,55,56,57)(H,58,59,60)(H,61,62,63). The van der Waals surface area contributed by atoms with Crippen molar-refractivity contribution in [2.45, 2.75) is 21.6 Å². The summed E-state index contributed by atoms with van der Waals surface area (Å²) in [5.41, 5.74) is -3.99. The van der Waals surface area contributed by atoms with Crippen LogP contribution in [0.15, 0.2) is 118 Å². The summed E-state index contributed by atoms with van der Waals surface area (Å²) in [6, 6.07) is 11.6. The van der Waals surface area contributed by atoms with Crippen molar-refractivity contribution in [1.29, 1.82) is 0 Å². The number of fused-ring (bicyclic) bond motifs is 1. The van der Waals surface area contributed by atoms with E-state index >= 15 is 0 Å². The van der Waals surface area contributed by atoms with Gasteiger partial charge in [0.1, 0.15) is 62.9 Å². The van der Waals surface area contributed by atoms with E-state index < -0.39 is 103 Å². The molecule has 1 aromatic heterocycles. The summed E-state index contributed by atoms with van der Waals surface area (Å²) in [4.78, 5) is 19.4. The van der Waals surface area contributed by atoms with Crippen LogP contribution in [0.2, 0.25) is 0 Å². The number of benzene rings is 5. The third-order valence-corrected chi connectivity index (χ3v) is 11.6. The van der Waals surface area contributed by atoms with Crippen molar-refractivity contribution in [3.8, 4) is 28.8 Å². The lowest BCUT2D eigenvalue weighted by Gasteiger charge is -2.13. The Labute approximate surface area is 380 Å². The number of azo groups is 3. The summed E-state index contributed by atoms with van der Waals surface area (Å²) in [6.07, 6.45) is 0. The van der Waals surface area contributed by atoms with Gasteiger partial charge in [-0.05, 0) is 60.8 Å². The lowest BCUT2D eigenvalue weighted by molar-refractivity contribution is -0.385. The molecule has 0 amide bonds. The molecule has 0 aliphatic carbocycles. The highest BCUT2D eigenvalue weighted by atomic mass is 32.2. The first-order chi connectivity index (χ1) is 31.9. The van der Waals surface area contributed by atoms with E-state index in [0.717, 1.165) is 47.1 Å². The average molecular weight is 1000 g/mol. The maximum Gasteiger partial charge on any atom is 0.338 e. The van der Waals surface area contributed by atoms with Crippen LogP contribution >= 0.6 is 0 Å². The maximum absolute atomic E-state index is 12.8. The van der Waals surface area contributed by atoms with Crippen molar-refractivity contribution in [3.63, 3.8) is 0 Å². The molecule has 6 aromatic rings. The summed E-state index contributed by atoms with van der Waals surface area (Å²) >= 11 is 0. The molecule has 0 aliphatic heterocycles. The van der Waals surface area contributed by atoms with E-state index in [2.05, 4.69) is 35.8 Å². The molecule has 0 saturated heterocycles. The zero-order chi connectivity index (χ0) is 49.9. The molecule has 5 aromatic carbocycles. The molecule has 0 aliphatic rings. The van der Waals surface area contributed by atoms with Crippen molar-refractivity contribution >= 4 is 86.9 Å². The number of aliphatic hydroxyl groups is 2. The number of non-ortho nitro benzene ring substituents is 1. The van der Waals surface area contributed by atoms with Crippen LogP contribution in [0.5, 0.6) is 23.1 Å². The highest BCUT2D eigenvalue weighted by Gasteiger charge is 2.26. The Kier molecular flexibility index (Phi) is 14.2. The number of nitro benzene ring substituents is 1. The van der Waals surface area contributed by atoms with Gasteiger partial charge in [0.15, 0.2) is 11.4 Å². The van der Waals surface area contributed by atoms with Gasteiger partial charge in [-0.15, -0.1) is 30.7 Å². The number of phenols is 1. The fourth-order valence-electron chi connectivity index (χ4n) is 5.96. The molecular weight excluding hydrogens is 971 g/mol. The van der Waals surface area contributed by atoms with Gasteiger partial charge in [0, 0.05) is 29.7 Å². The summed E-state index contributed by atoms with van der Waals surface area (Å²) in [7, 11) is -15.1. The molecule has 8 N–H and O–H groups in total. The van der Waals surface area contributed by atoms with Crippen LogP contribution in [0.4, 0.5) is 39.8 Å². The summed E-state index contributed by atoms with van der Waals surface area (Å²) < 4.78 is 114. The minimum atomic E-state index is -5.25. The van der Waals surface area contributed by atoms with Crippen molar-refractivity contribution in [2.75, 3.05) is 26.4 Å². The van der Waals surface area contributed by atoms with Gasteiger partial charge in [0.05, 0.1) is 40.0 Å². The molecule has 1 heterocycles. The normalized spacial score (nSPS) is 12.4. The predicted octanol–water partition coefficient (Wildman–Crippen LogP) is 6.08. The van der Waals surface area contributed by atoms with Crippen LogP contribution in [0.3, 0.4) is 0 Å². The van der Waals surface area contributed by atoms with Gasteiger partial charge in [-0.25, -0.2) is 4.79 Å². The number of aliphatic hydroxyl groups excluding tert-OH is 2. The molecule has 6 rings (SSSR count). The molecule has 0 bridgehead atoms. The number of nitro groups is 1. The van der Waals surface area contributed by atoms with Crippen LogP contribution in [0.1, 0.15) is 16.1 Å². The van der Waals surface area contributed by atoms with Crippen molar-refractivity contribution < 1.29 is 83.6 Å². The summed E-state index contributed by atoms with van der Waals surface area (Å²) in [6.45, 7) is -0.503. The van der Waals surface area contributed by atoms with Crippen LogP contribution < -0.4 is 9.47 Å². The Morgan fingerprint density at radius 3 is 1.81 bits per heavy atom. The quantitative estimate of drug-likeness (QED) is 0.0209. The van der Waals surface area contributed by atoms with Crippen LogP contribution in [0.25, 0.3) is 16.5 Å². The Morgan fingerprint density at radius 2 is 1.25 bits per heavy atom. The molecule has 0 radical (unpaired) electrons. The van der Waals surface area contributed by atoms with E-state index in [1.165, 1.54) is 25.1 Å². The number of carboxylic acid groups (broad SMARTS) is 1. The first-order valence-corrected chi connectivity index (χ1v) is 22.8. The number of hydrogen-bond acceptors (Lipinski definition) is 22. The van der Waals surface area contributed by atoms with Gasteiger partial charge in [0.2, 0.25) is 5.88 Å². The van der Waals surface area contributed by atoms with Crippen LogP contribution in [-0.4, -0.2) is 112 Å². The Balaban J connectivity index is 1.41. The number of aromatic carboxylic acids is 1. The fourth-order valence-corrected chi connectivity index (χ4v) is 7.77. The van der Waals surface area contributed by atoms with Gasteiger partial charge >= 0.3 is 5.97 Å². The minimum Gasteiger partial charge on any atom is -0.505 e. The Hall–Kier alpha value is -7.91. The lowest BCUT2D eigenvalue weighted by atomic mass is 10.1. The third kappa shape index (κ3) is 10.9. The lowest BCUT2D eigenvalue weighted by Crippen LogP contribution is -2.04.